The zero-order valence-corrected chi connectivity index (χ0v) is 18.8. The molecule has 0 aliphatic carbocycles. The molecule has 1 N–H and O–H groups in total. The first-order valence-electron chi connectivity index (χ1n) is 8.10. The molecule has 1 amide bonds. The van der Waals surface area contributed by atoms with E-state index in [0.29, 0.717) is 30.1 Å². The maximum atomic E-state index is 12.7. The predicted octanol–water partition coefficient (Wildman–Crippen LogP) is 4.62. The quantitative estimate of drug-likeness (QED) is 0.638. The summed E-state index contributed by atoms with van der Waals surface area (Å²) in [5.41, 5.74) is 1.77. The fraction of sp³-hybridized carbons (Fsp3) is 0.353. The predicted molar refractivity (Wildman–Crippen MR) is 111 cm³/mol. The van der Waals surface area contributed by atoms with E-state index >= 15 is 0 Å². The first-order valence-corrected chi connectivity index (χ1v) is 11.9. The lowest BCUT2D eigenvalue weighted by molar-refractivity contribution is -0.120. The average Bonchev–Trinajstić information content (AvgIpc) is 3.05. The molecule has 0 saturated carbocycles. The summed E-state index contributed by atoms with van der Waals surface area (Å²) in [6.07, 6.45) is 1.04. The van der Waals surface area contributed by atoms with Gasteiger partial charge in [0.05, 0.1) is 3.79 Å². The zero-order chi connectivity index (χ0) is 18.9. The molecular formula is C17H18Br2N2O3S2. The zero-order valence-electron chi connectivity index (χ0n) is 14.0. The lowest BCUT2D eigenvalue weighted by Crippen LogP contribution is -2.41. The SMILES string of the molecule is Cc1cc(Br)ccc1NC(=O)C1CCN(S(=O)(=O)c2ccc(Br)s2)CC1. The van der Waals surface area contributed by atoms with E-state index in [0.717, 1.165) is 19.5 Å². The van der Waals surface area contributed by atoms with Gasteiger partial charge in [0.2, 0.25) is 5.91 Å². The number of aryl methyl sites for hydroxylation is 1. The highest BCUT2D eigenvalue weighted by atomic mass is 79.9. The molecule has 2 heterocycles. The summed E-state index contributed by atoms with van der Waals surface area (Å²) in [4.78, 5) is 12.5. The summed E-state index contributed by atoms with van der Waals surface area (Å²) >= 11 is 7.91. The fourth-order valence-electron chi connectivity index (χ4n) is 2.92. The lowest BCUT2D eigenvalue weighted by Gasteiger charge is -2.30. The number of thiophene rings is 1. The number of amides is 1. The summed E-state index contributed by atoms with van der Waals surface area (Å²) in [5, 5.41) is 2.96. The van der Waals surface area contributed by atoms with Crippen molar-refractivity contribution in [2.45, 2.75) is 24.0 Å². The number of nitrogens with one attached hydrogen (secondary N) is 1. The van der Waals surface area contributed by atoms with Crippen LogP contribution in [-0.2, 0) is 14.8 Å². The number of halogens is 2. The van der Waals surface area contributed by atoms with Crippen LogP contribution in [0.3, 0.4) is 0 Å². The molecule has 1 aliphatic heterocycles. The summed E-state index contributed by atoms with van der Waals surface area (Å²) in [6.45, 7) is 2.65. The van der Waals surface area contributed by atoms with E-state index in [4.69, 9.17) is 0 Å². The molecule has 0 spiro atoms. The van der Waals surface area contributed by atoms with E-state index in [9.17, 15) is 13.2 Å². The van der Waals surface area contributed by atoms with Crippen molar-refractivity contribution in [3.05, 3.63) is 44.2 Å². The second-order valence-corrected chi connectivity index (χ2v) is 11.7. The van der Waals surface area contributed by atoms with Crippen molar-refractivity contribution >= 4 is 64.8 Å². The monoisotopic (exact) mass is 520 g/mol. The standard InChI is InChI=1S/C17H18Br2N2O3S2/c1-11-10-13(18)2-3-14(11)20-17(22)12-6-8-21(9-7-12)26(23,24)16-5-4-15(19)25-16/h2-5,10,12H,6-9H2,1H3,(H,20,22). The first-order chi connectivity index (χ1) is 12.3. The fourth-order valence-corrected chi connectivity index (χ4v) is 7.03. The van der Waals surface area contributed by atoms with Crippen LogP contribution in [0.15, 0.2) is 42.8 Å². The van der Waals surface area contributed by atoms with Crippen LogP contribution in [0.5, 0.6) is 0 Å². The number of carbonyl (C=O) groups is 1. The van der Waals surface area contributed by atoms with Crippen molar-refractivity contribution in [3.63, 3.8) is 0 Å². The Bertz CT molecular complexity index is 920. The molecule has 3 rings (SSSR count). The normalized spacial score (nSPS) is 16.6. The van der Waals surface area contributed by atoms with Gasteiger partial charge in [0.15, 0.2) is 0 Å². The number of piperidine rings is 1. The van der Waals surface area contributed by atoms with Crippen LogP contribution < -0.4 is 5.32 Å². The third-order valence-corrected chi connectivity index (χ3v) is 8.90. The minimum Gasteiger partial charge on any atom is -0.326 e. The smallest absolute Gasteiger partial charge is 0.252 e. The molecule has 9 heteroatoms. The number of hydrogen-bond acceptors (Lipinski definition) is 4. The van der Waals surface area contributed by atoms with Crippen molar-refractivity contribution < 1.29 is 13.2 Å². The number of hydrogen-bond donors (Lipinski definition) is 1. The van der Waals surface area contributed by atoms with Crippen LogP contribution in [0.1, 0.15) is 18.4 Å². The third-order valence-electron chi connectivity index (χ3n) is 4.41. The Kier molecular flexibility index (Phi) is 6.23. The van der Waals surface area contributed by atoms with Gasteiger partial charge in [-0.15, -0.1) is 11.3 Å². The lowest BCUT2D eigenvalue weighted by atomic mass is 9.97. The van der Waals surface area contributed by atoms with E-state index in [1.165, 1.54) is 15.6 Å². The maximum absolute atomic E-state index is 12.7. The molecule has 140 valence electrons. The molecule has 1 aromatic carbocycles. The molecule has 1 fully saturated rings. The first kappa shape index (κ1) is 20.0. The van der Waals surface area contributed by atoms with Gasteiger partial charge >= 0.3 is 0 Å². The molecule has 0 radical (unpaired) electrons. The molecule has 5 nitrogen and oxygen atoms in total. The van der Waals surface area contributed by atoms with Crippen molar-refractivity contribution in [1.29, 1.82) is 0 Å². The van der Waals surface area contributed by atoms with Crippen molar-refractivity contribution in [3.8, 4) is 0 Å². The number of carbonyl (C=O) groups excluding carboxylic acids is 1. The number of benzene rings is 1. The average molecular weight is 522 g/mol. The van der Waals surface area contributed by atoms with Gasteiger partial charge in [-0.3, -0.25) is 4.79 Å². The summed E-state index contributed by atoms with van der Waals surface area (Å²) in [7, 11) is -3.48. The van der Waals surface area contributed by atoms with Crippen molar-refractivity contribution in [2.75, 3.05) is 18.4 Å². The third kappa shape index (κ3) is 4.39. The van der Waals surface area contributed by atoms with Gasteiger partial charge in [-0.05, 0) is 71.6 Å². The molecule has 26 heavy (non-hydrogen) atoms. The Balaban J connectivity index is 1.62. The van der Waals surface area contributed by atoms with Crippen LogP contribution in [0.4, 0.5) is 5.69 Å². The molecule has 1 aliphatic rings. The van der Waals surface area contributed by atoms with E-state index in [2.05, 4.69) is 37.2 Å². The summed E-state index contributed by atoms with van der Waals surface area (Å²) in [5.74, 6) is -0.231. The number of sulfonamides is 1. The largest absolute Gasteiger partial charge is 0.326 e. The topological polar surface area (TPSA) is 66.5 Å². The van der Waals surface area contributed by atoms with Crippen LogP contribution in [0.25, 0.3) is 0 Å². The second kappa shape index (κ2) is 8.10. The molecule has 1 saturated heterocycles. The van der Waals surface area contributed by atoms with Crippen LogP contribution >= 0.6 is 43.2 Å². The summed E-state index contributed by atoms with van der Waals surface area (Å²) in [6, 6.07) is 9.05. The maximum Gasteiger partial charge on any atom is 0.252 e. The van der Waals surface area contributed by atoms with Gasteiger partial charge in [-0.2, -0.15) is 4.31 Å². The van der Waals surface area contributed by atoms with Crippen molar-refractivity contribution in [1.82, 2.24) is 4.31 Å². The van der Waals surface area contributed by atoms with E-state index in [1.54, 1.807) is 12.1 Å². The number of nitrogens with zero attached hydrogens (tertiary/aromatic N) is 1. The van der Waals surface area contributed by atoms with Crippen LogP contribution in [0, 0.1) is 12.8 Å². The highest BCUT2D eigenvalue weighted by Gasteiger charge is 2.33. The Hall–Kier alpha value is -0.740. The Morgan fingerprint density at radius 3 is 2.46 bits per heavy atom. The van der Waals surface area contributed by atoms with Gasteiger partial charge in [0.25, 0.3) is 10.0 Å². The molecule has 0 atom stereocenters. The Labute approximate surface area is 174 Å². The van der Waals surface area contributed by atoms with Gasteiger partial charge in [0.1, 0.15) is 4.21 Å². The molecule has 0 unspecified atom stereocenters. The Morgan fingerprint density at radius 1 is 1.19 bits per heavy atom. The van der Waals surface area contributed by atoms with E-state index in [-0.39, 0.29) is 11.8 Å². The molecule has 0 bridgehead atoms. The van der Waals surface area contributed by atoms with Crippen molar-refractivity contribution in [2.24, 2.45) is 5.92 Å². The van der Waals surface area contributed by atoms with Crippen LogP contribution in [-0.4, -0.2) is 31.7 Å². The minimum atomic E-state index is -3.48. The number of rotatable bonds is 4. The molecule has 1 aromatic heterocycles. The van der Waals surface area contributed by atoms with Crippen LogP contribution in [0.2, 0.25) is 0 Å². The van der Waals surface area contributed by atoms with Gasteiger partial charge < -0.3 is 5.32 Å². The summed E-state index contributed by atoms with van der Waals surface area (Å²) < 4.78 is 28.9. The van der Waals surface area contributed by atoms with E-state index < -0.39 is 10.0 Å². The highest BCUT2D eigenvalue weighted by molar-refractivity contribution is 9.11. The second-order valence-electron chi connectivity index (χ2n) is 6.19. The van der Waals surface area contributed by atoms with Gasteiger partial charge in [-0.1, -0.05) is 15.9 Å². The molecular weight excluding hydrogens is 504 g/mol. The Morgan fingerprint density at radius 2 is 1.88 bits per heavy atom. The van der Waals surface area contributed by atoms with Gasteiger partial charge in [0, 0.05) is 29.2 Å². The number of anilines is 1. The highest BCUT2D eigenvalue weighted by Crippen LogP contribution is 2.31. The van der Waals surface area contributed by atoms with Gasteiger partial charge in [-0.25, -0.2) is 8.42 Å². The molecule has 2 aromatic rings. The van der Waals surface area contributed by atoms with E-state index in [1.807, 2.05) is 25.1 Å². The minimum absolute atomic E-state index is 0.0497.